The monoisotopic (exact) mass is 359 g/mol. The Bertz CT molecular complexity index is 955. The van der Waals surface area contributed by atoms with Gasteiger partial charge in [0.15, 0.2) is 0 Å². The van der Waals surface area contributed by atoms with Gasteiger partial charge in [0, 0.05) is 31.0 Å². The molecule has 0 aliphatic carbocycles. The average Bonchev–Trinajstić information content (AvgIpc) is 2.70. The molecular weight excluding hydrogens is 338 g/mol. The molecule has 0 aliphatic rings. The number of hydrogen-bond donors (Lipinski definition) is 1. The van der Waals surface area contributed by atoms with Crippen molar-refractivity contribution < 1.29 is 9.59 Å². The molecule has 3 rings (SSSR count). The molecule has 0 radical (unpaired) electrons. The van der Waals surface area contributed by atoms with Gasteiger partial charge in [0.1, 0.15) is 5.69 Å². The van der Waals surface area contributed by atoms with Gasteiger partial charge in [-0.25, -0.2) is 0 Å². The molecule has 5 nitrogen and oxygen atoms in total. The van der Waals surface area contributed by atoms with Gasteiger partial charge in [-0.2, -0.15) is 0 Å². The van der Waals surface area contributed by atoms with Gasteiger partial charge < -0.3 is 10.2 Å². The van der Waals surface area contributed by atoms with Crippen LogP contribution in [0.1, 0.15) is 32.0 Å². The van der Waals surface area contributed by atoms with Gasteiger partial charge in [0.05, 0.1) is 0 Å². The van der Waals surface area contributed by atoms with Crippen LogP contribution in [0.5, 0.6) is 0 Å². The lowest BCUT2D eigenvalue weighted by molar-refractivity contribution is 0.0785. The quantitative estimate of drug-likeness (QED) is 0.751. The Labute approximate surface area is 158 Å². The van der Waals surface area contributed by atoms with Crippen LogP contribution >= 0.6 is 0 Å². The third-order valence-corrected chi connectivity index (χ3v) is 4.24. The number of rotatable bonds is 5. The standard InChI is InChI=1S/C22H21N3O2/c1-16-8-6-7-11-19(16)24-21(26)20-14-18(12-13-23-20)22(27)25(2)15-17-9-4-3-5-10-17/h3-14H,15H2,1-2H3,(H,24,26). The highest BCUT2D eigenvalue weighted by atomic mass is 16.2. The first-order chi connectivity index (χ1) is 13.0. The largest absolute Gasteiger partial charge is 0.337 e. The number of carbonyl (C=O) groups is 2. The van der Waals surface area contributed by atoms with Crippen molar-refractivity contribution in [3.8, 4) is 0 Å². The maximum atomic E-state index is 12.7. The second-order valence-corrected chi connectivity index (χ2v) is 6.35. The van der Waals surface area contributed by atoms with Crippen molar-refractivity contribution in [1.82, 2.24) is 9.88 Å². The second kappa shape index (κ2) is 8.27. The van der Waals surface area contributed by atoms with E-state index in [0.717, 1.165) is 16.8 Å². The summed E-state index contributed by atoms with van der Waals surface area (Å²) in [5, 5.41) is 2.84. The van der Waals surface area contributed by atoms with Crippen molar-refractivity contribution in [3.63, 3.8) is 0 Å². The zero-order valence-electron chi connectivity index (χ0n) is 15.3. The summed E-state index contributed by atoms with van der Waals surface area (Å²) in [6, 6.07) is 20.4. The molecule has 0 spiro atoms. The first kappa shape index (κ1) is 18.3. The smallest absolute Gasteiger partial charge is 0.274 e. The lowest BCUT2D eigenvalue weighted by Gasteiger charge is -2.17. The molecule has 2 amide bonds. The number of nitrogens with one attached hydrogen (secondary N) is 1. The molecular formula is C22H21N3O2. The Hall–Kier alpha value is -3.47. The summed E-state index contributed by atoms with van der Waals surface area (Å²) in [6.07, 6.45) is 1.48. The highest BCUT2D eigenvalue weighted by Crippen LogP contribution is 2.15. The molecule has 5 heteroatoms. The van der Waals surface area contributed by atoms with E-state index in [9.17, 15) is 9.59 Å². The topological polar surface area (TPSA) is 62.3 Å². The molecule has 1 N–H and O–H groups in total. The minimum Gasteiger partial charge on any atom is -0.337 e. The number of benzene rings is 2. The molecule has 136 valence electrons. The summed E-state index contributed by atoms with van der Waals surface area (Å²) in [5.74, 6) is -0.504. The van der Waals surface area contributed by atoms with Crippen LogP contribution < -0.4 is 5.32 Å². The predicted octanol–water partition coefficient (Wildman–Crippen LogP) is 3.91. The third-order valence-electron chi connectivity index (χ3n) is 4.24. The minimum absolute atomic E-state index is 0.161. The van der Waals surface area contributed by atoms with Crippen molar-refractivity contribution in [3.05, 3.63) is 95.3 Å². The van der Waals surface area contributed by atoms with Crippen LogP contribution in [0.3, 0.4) is 0 Å². The van der Waals surface area contributed by atoms with Crippen LogP contribution in [0, 0.1) is 6.92 Å². The van der Waals surface area contributed by atoms with Crippen LogP contribution in [0.4, 0.5) is 5.69 Å². The lowest BCUT2D eigenvalue weighted by atomic mass is 10.1. The third kappa shape index (κ3) is 4.58. The number of nitrogens with zero attached hydrogens (tertiary/aromatic N) is 2. The predicted molar refractivity (Wildman–Crippen MR) is 106 cm³/mol. The lowest BCUT2D eigenvalue weighted by Crippen LogP contribution is -2.26. The van der Waals surface area contributed by atoms with E-state index in [0.29, 0.717) is 12.1 Å². The van der Waals surface area contributed by atoms with Crippen molar-refractivity contribution in [1.29, 1.82) is 0 Å². The molecule has 0 saturated heterocycles. The molecule has 0 aliphatic heterocycles. The Morgan fingerprint density at radius 3 is 2.44 bits per heavy atom. The van der Waals surface area contributed by atoms with E-state index in [2.05, 4.69) is 10.3 Å². The SMILES string of the molecule is Cc1ccccc1NC(=O)c1cc(C(=O)N(C)Cc2ccccc2)ccn1. The Balaban J connectivity index is 1.73. The van der Waals surface area contributed by atoms with E-state index in [4.69, 9.17) is 0 Å². The van der Waals surface area contributed by atoms with Crippen LogP contribution in [0.25, 0.3) is 0 Å². The summed E-state index contributed by atoms with van der Waals surface area (Å²) < 4.78 is 0. The molecule has 0 unspecified atom stereocenters. The molecule has 0 atom stereocenters. The number of amides is 2. The summed E-state index contributed by atoms with van der Waals surface area (Å²) in [5.41, 5.74) is 3.36. The van der Waals surface area contributed by atoms with E-state index in [1.54, 1.807) is 18.0 Å². The van der Waals surface area contributed by atoms with Crippen LogP contribution in [-0.4, -0.2) is 28.7 Å². The fraction of sp³-hybridized carbons (Fsp3) is 0.136. The van der Waals surface area contributed by atoms with Gasteiger partial charge in [0.2, 0.25) is 0 Å². The van der Waals surface area contributed by atoms with E-state index in [1.807, 2.05) is 61.5 Å². The van der Waals surface area contributed by atoms with Gasteiger partial charge >= 0.3 is 0 Å². The van der Waals surface area contributed by atoms with E-state index < -0.39 is 0 Å². The first-order valence-electron chi connectivity index (χ1n) is 8.67. The normalized spacial score (nSPS) is 10.3. The summed E-state index contributed by atoms with van der Waals surface area (Å²) in [4.78, 5) is 30.9. The van der Waals surface area contributed by atoms with Gasteiger partial charge in [-0.05, 0) is 36.2 Å². The van der Waals surface area contributed by atoms with Crippen molar-refractivity contribution >= 4 is 17.5 Å². The van der Waals surface area contributed by atoms with Gasteiger partial charge in [0.25, 0.3) is 11.8 Å². The Kier molecular flexibility index (Phi) is 5.61. The number of pyridine rings is 1. The average molecular weight is 359 g/mol. The summed E-state index contributed by atoms with van der Waals surface area (Å²) in [7, 11) is 1.74. The van der Waals surface area contributed by atoms with E-state index >= 15 is 0 Å². The second-order valence-electron chi connectivity index (χ2n) is 6.35. The Morgan fingerprint density at radius 2 is 1.70 bits per heavy atom. The summed E-state index contributed by atoms with van der Waals surface area (Å²) in [6.45, 7) is 2.41. The maximum absolute atomic E-state index is 12.7. The molecule has 27 heavy (non-hydrogen) atoms. The molecule has 1 heterocycles. The first-order valence-corrected chi connectivity index (χ1v) is 8.67. The van der Waals surface area contributed by atoms with Crippen LogP contribution in [-0.2, 0) is 6.54 Å². The van der Waals surface area contributed by atoms with Crippen molar-refractivity contribution in [2.24, 2.45) is 0 Å². The van der Waals surface area contributed by atoms with Crippen molar-refractivity contribution in [2.75, 3.05) is 12.4 Å². The minimum atomic E-state index is -0.343. The number of carbonyl (C=O) groups excluding carboxylic acids is 2. The van der Waals surface area contributed by atoms with Gasteiger partial charge in [-0.1, -0.05) is 48.5 Å². The highest BCUT2D eigenvalue weighted by molar-refractivity contribution is 6.05. The molecule has 2 aromatic carbocycles. The zero-order valence-corrected chi connectivity index (χ0v) is 15.3. The molecule has 1 aromatic heterocycles. The van der Waals surface area contributed by atoms with E-state index in [1.165, 1.54) is 12.3 Å². The highest BCUT2D eigenvalue weighted by Gasteiger charge is 2.16. The summed E-state index contributed by atoms with van der Waals surface area (Å²) >= 11 is 0. The van der Waals surface area contributed by atoms with E-state index in [-0.39, 0.29) is 17.5 Å². The van der Waals surface area contributed by atoms with Gasteiger partial charge in [-0.3, -0.25) is 14.6 Å². The number of aromatic nitrogens is 1. The van der Waals surface area contributed by atoms with Crippen LogP contribution in [0.15, 0.2) is 72.9 Å². The number of hydrogen-bond acceptors (Lipinski definition) is 3. The number of para-hydroxylation sites is 1. The zero-order chi connectivity index (χ0) is 19.2. The number of aryl methyl sites for hydroxylation is 1. The maximum Gasteiger partial charge on any atom is 0.274 e. The fourth-order valence-corrected chi connectivity index (χ4v) is 2.74. The van der Waals surface area contributed by atoms with Gasteiger partial charge in [-0.15, -0.1) is 0 Å². The fourth-order valence-electron chi connectivity index (χ4n) is 2.74. The number of anilines is 1. The van der Waals surface area contributed by atoms with Crippen LogP contribution in [0.2, 0.25) is 0 Å². The molecule has 0 fully saturated rings. The molecule has 0 saturated carbocycles. The molecule has 3 aromatic rings. The van der Waals surface area contributed by atoms with Crippen molar-refractivity contribution in [2.45, 2.75) is 13.5 Å². The molecule has 0 bridgehead atoms. The Morgan fingerprint density at radius 1 is 1.00 bits per heavy atom.